The summed E-state index contributed by atoms with van der Waals surface area (Å²) in [4.78, 5) is 31.0. The highest BCUT2D eigenvalue weighted by Gasteiger charge is 2.25. The molecule has 2 amide bonds. The van der Waals surface area contributed by atoms with Crippen LogP contribution in [0.25, 0.3) is 6.08 Å². The largest absolute Gasteiger partial charge is 0.392 e. The van der Waals surface area contributed by atoms with Crippen LogP contribution in [0.5, 0.6) is 0 Å². The SMILES string of the molecule is COCC1CCN(CC(O)CCN2CCN(C(=O)/C=C/c3ccc(Cl)c(Cl)c3)CCC2=O)CC1. The number of piperidine rings is 1. The van der Waals surface area contributed by atoms with Crippen LogP contribution in [0.4, 0.5) is 0 Å². The lowest BCUT2D eigenvalue weighted by Gasteiger charge is -2.33. The third-order valence-corrected chi connectivity index (χ3v) is 7.31. The van der Waals surface area contributed by atoms with Gasteiger partial charge in [-0.1, -0.05) is 29.3 Å². The maximum Gasteiger partial charge on any atom is 0.246 e. The predicted molar refractivity (Wildman–Crippen MR) is 135 cm³/mol. The molecule has 2 aliphatic heterocycles. The molecule has 7 nitrogen and oxygen atoms in total. The number of hydrogen-bond donors (Lipinski definition) is 1. The van der Waals surface area contributed by atoms with Crippen molar-refractivity contribution in [3.8, 4) is 0 Å². The number of hydrogen-bond acceptors (Lipinski definition) is 5. The summed E-state index contributed by atoms with van der Waals surface area (Å²) < 4.78 is 5.25. The van der Waals surface area contributed by atoms with Gasteiger partial charge in [-0.15, -0.1) is 0 Å². The lowest BCUT2D eigenvalue weighted by molar-refractivity contribution is -0.130. The topological polar surface area (TPSA) is 73.3 Å². The quantitative estimate of drug-likeness (QED) is 0.515. The molecule has 1 N–H and O–H groups in total. The van der Waals surface area contributed by atoms with Gasteiger partial charge in [-0.2, -0.15) is 0 Å². The van der Waals surface area contributed by atoms with Gasteiger partial charge in [-0.3, -0.25) is 9.59 Å². The molecule has 3 rings (SSSR count). The number of rotatable bonds is 9. The highest BCUT2D eigenvalue weighted by atomic mass is 35.5. The van der Waals surface area contributed by atoms with Crippen LogP contribution in [0.2, 0.25) is 10.0 Å². The van der Waals surface area contributed by atoms with E-state index in [9.17, 15) is 14.7 Å². The van der Waals surface area contributed by atoms with E-state index in [-0.39, 0.29) is 18.2 Å². The van der Waals surface area contributed by atoms with E-state index in [0.717, 1.165) is 38.1 Å². The summed E-state index contributed by atoms with van der Waals surface area (Å²) in [6.45, 7) is 5.21. The van der Waals surface area contributed by atoms with Crippen molar-refractivity contribution < 1.29 is 19.4 Å². The van der Waals surface area contributed by atoms with Gasteiger partial charge in [-0.25, -0.2) is 0 Å². The molecular weight excluding hydrogens is 477 g/mol. The molecule has 2 saturated heterocycles. The molecule has 188 valence electrons. The number of likely N-dealkylation sites (tertiary alicyclic amines) is 1. The van der Waals surface area contributed by atoms with E-state index in [1.165, 1.54) is 6.08 Å². The van der Waals surface area contributed by atoms with Crippen molar-refractivity contribution in [1.29, 1.82) is 0 Å². The molecule has 0 radical (unpaired) electrons. The number of carbonyl (C=O) groups is 2. The maximum atomic E-state index is 12.6. The number of carbonyl (C=O) groups excluding carboxylic acids is 2. The van der Waals surface area contributed by atoms with Crippen LogP contribution in [-0.4, -0.2) is 97.3 Å². The van der Waals surface area contributed by atoms with Crippen molar-refractivity contribution in [2.75, 3.05) is 59.5 Å². The van der Waals surface area contributed by atoms with Gasteiger partial charge in [0, 0.05) is 58.9 Å². The van der Waals surface area contributed by atoms with E-state index in [1.807, 2.05) is 0 Å². The highest BCUT2D eigenvalue weighted by molar-refractivity contribution is 6.42. The predicted octanol–water partition coefficient (Wildman–Crippen LogP) is 3.18. The summed E-state index contributed by atoms with van der Waals surface area (Å²) in [6, 6.07) is 5.18. The first-order valence-electron chi connectivity index (χ1n) is 11.9. The number of benzene rings is 1. The van der Waals surface area contributed by atoms with Gasteiger partial charge in [0.15, 0.2) is 0 Å². The zero-order chi connectivity index (χ0) is 24.5. The second kappa shape index (κ2) is 13.4. The standard InChI is InChI=1S/C25H35Cl2N3O4/c1-34-18-20-6-10-28(11-7-20)17-21(31)8-12-29-14-15-30(13-9-25(29)33)24(32)5-3-19-2-4-22(26)23(27)16-19/h2-5,16,20-21,31H,6-15,17-18H2,1H3/b5-3+. The molecule has 0 aromatic heterocycles. The van der Waals surface area contributed by atoms with Crippen molar-refractivity contribution in [2.24, 2.45) is 5.92 Å². The Labute approximate surface area is 212 Å². The minimum atomic E-state index is -0.470. The zero-order valence-electron chi connectivity index (χ0n) is 19.8. The Kier molecular flexibility index (Phi) is 10.7. The second-order valence-electron chi connectivity index (χ2n) is 9.10. The molecule has 9 heteroatoms. The minimum absolute atomic E-state index is 0.0244. The van der Waals surface area contributed by atoms with Crippen LogP contribution >= 0.6 is 23.2 Å². The van der Waals surface area contributed by atoms with Gasteiger partial charge >= 0.3 is 0 Å². The first-order valence-corrected chi connectivity index (χ1v) is 12.7. The normalized spacial score (nSPS) is 19.6. The van der Waals surface area contributed by atoms with Crippen LogP contribution in [0.1, 0.15) is 31.2 Å². The van der Waals surface area contributed by atoms with E-state index >= 15 is 0 Å². The number of aliphatic hydroxyl groups excluding tert-OH is 1. The Hall–Kier alpha value is -1.64. The molecule has 1 atom stereocenters. The molecule has 2 heterocycles. The van der Waals surface area contributed by atoms with Crippen molar-refractivity contribution >= 4 is 41.1 Å². The Morgan fingerprint density at radius 1 is 1.18 bits per heavy atom. The number of halogens is 2. The smallest absolute Gasteiger partial charge is 0.246 e. The Morgan fingerprint density at radius 3 is 2.65 bits per heavy atom. The molecule has 1 aromatic carbocycles. The molecule has 2 fully saturated rings. The maximum absolute atomic E-state index is 12.6. The lowest BCUT2D eigenvalue weighted by atomic mass is 9.97. The number of amides is 2. The van der Waals surface area contributed by atoms with Crippen molar-refractivity contribution in [2.45, 2.75) is 31.8 Å². The van der Waals surface area contributed by atoms with Crippen LogP contribution in [-0.2, 0) is 14.3 Å². The van der Waals surface area contributed by atoms with E-state index in [2.05, 4.69) is 4.90 Å². The van der Waals surface area contributed by atoms with Crippen molar-refractivity contribution in [1.82, 2.24) is 14.7 Å². The Morgan fingerprint density at radius 2 is 1.94 bits per heavy atom. The summed E-state index contributed by atoms with van der Waals surface area (Å²) in [5.41, 5.74) is 0.784. The monoisotopic (exact) mass is 511 g/mol. The minimum Gasteiger partial charge on any atom is -0.392 e. The summed E-state index contributed by atoms with van der Waals surface area (Å²) in [7, 11) is 1.74. The lowest BCUT2D eigenvalue weighted by Crippen LogP contribution is -2.41. The summed E-state index contributed by atoms with van der Waals surface area (Å²) in [6.07, 6.45) is 5.73. The van der Waals surface area contributed by atoms with Gasteiger partial charge in [0.05, 0.1) is 16.1 Å². The third-order valence-electron chi connectivity index (χ3n) is 6.57. The van der Waals surface area contributed by atoms with Gasteiger partial charge in [0.25, 0.3) is 0 Å². The summed E-state index contributed by atoms with van der Waals surface area (Å²) in [5, 5.41) is 11.4. The number of methoxy groups -OCH3 is 1. The molecule has 2 aliphatic rings. The van der Waals surface area contributed by atoms with Crippen molar-refractivity contribution in [3.63, 3.8) is 0 Å². The van der Waals surface area contributed by atoms with Crippen LogP contribution in [0, 0.1) is 5.92 Å². The van der Waals surface area contributed by atoms with E-state index in [0.29, 0.717) is 55.1 Å². The van der Waals surface area contributed by atoms with Gasteiger partial charge in [-0.05, 0) is 62.0 Å². The van der Waals surface area contributed by atoms with Gasteiger partial charge in [0.1, 0.15) is 0 Å². The molecule has 0 aliphatic carbocycles. The molecule has 0 saturated carbocycles. The number of ether oxygens (including phenoxy) is 1. The van der Waals surface area contributed by atoms with Gasteiger partial charge < -0.3 is 24.5 Å². The summed E-state index contributed by atoms with van der Waals surface area (Å²) in [5.74, 6) is 0.492. The average molecular weight is 512 g/mol. The van der Waals surface area contributed by atoms with E-state index < -0.39 is 6.10 Å². The van der Waals surface area contributed by atoms with E-state index in [1.54, 1.807) is 41.2 Å². The molecule has 34 heavy (non-hydrogen) atoms. The Balaban J connectivity index is 1.42. The van der Waals surface area contributed by atoms with Crippen LogP contribution in [0.15, 0.2) is 24.3 Å². The first kappa shape index (κ1) is 27.0. The van der Waals surface area contributed by atoms with Crippen LogP contribution < -0.4 is 0 Å². The van der Waals surface area contributed by atoms with E-state index in [4.69, 9.17) is 27.9 Å². The fourth-order valence-corrected chi connectivity index (χ4v) is 4.78. The second-order valence-corrected chi connectivity index (χ2v) is 9.92. The fraction of sp³-hybridized carbons (Fsp3) is 0.600. The number of aliphatic hydroxyl groups is 1. The molecule has 0 bridgehead atoms. The number of nitrogens with zero attached hydrogens (tertiary/aromatic N) is 3. The van der Waals surface area contributed by atoms with Gasteiger partial charge in [0.2, 0.25) is 11.8 Å². The fourth-order valence-electron chi connectivity index (χ4n) is 4.48. The third kappa shape index (κ3) is 8.24. The highest BCUT2D eigenvalue weighted by Crippen LogP contribution is 2.23. The van der Waals surface area contributed by atoms with Crippen molar-refractivity contribution in [3.05, 3.63) is 39.9 Å². The Bertz CT molecular complexity index is 859. The zero-order valence-corrected chi connectivity index (χ0v) is 21.3. The molecule has 1 aromatic rings. The molecular formula is C25H35Cl2N3O4. The van der Waals surface area contributed by atoms with Crippen LogP contribution in [0.3, 0.4) is 0 Å². The average Bonchev–Trinajstić information content (AvgIpc) is 3.01. The molecule has 1 unspecified atom stereocenters. The first-order chi connectivity index (χ1) is 16.4. The summed E-state index contributed by atoms with van der Waals surface area (Å²) >= 11 is 12.0. The number of β-amino-alcohol motifs (C(OH)–C–C–N with tert-alkyl or cyclic N) is 1. The molecule has 0 spiro atoms.